The number of allylic oxidation sites excluding steroid dienone is 1. The monoisotopic (exact) mass is 223 g/mol. The minimum Gasteiger partial charge on any atom is -0.0901 e. The van der Waals surface area contributed by atoms with Crippen LogP contribution in [0.5, 0.6) is 0 Å². The Balaban J connectivity index is 1.88. The number of hydrogen-bond donors (Lipinski definition) is 0. The smallest absolute Gasteiger partial charge is 0.0128 e. The van der Waals surface area contributed by atoms with Crippen molar-refractivity contribution in [3.05, 3.63) is 71.8 Å². The van der Waals surface area contributed by atoms with Crippen molar-refractivity contribution in [2.45, 2.75) is 16.2 Å². The summed E-state index contributed by atoms with van der Waals surface area (Å²) < 4.78 is 0. The first-order valence-corrected chi connectivity index (χ1v) is 6.17. The van der Waals surface area contributed by atoms with E-state index < -0.39 is 0 Å². The highest BCUT2D eigenvalue weighted by molar-refractivity contribution is 7.99. The number of benzene rings is 2. The van der Waals surface area contributed by atoms with Crippen LogP contribution in [0.15, 0.2) is 64.4 Å². The van der Waals surface area contributed by atoms with Crippen LogP contribution in [-0.4, -0.2) is 0 Å². The van der Waals surface area contributed by atoms with Crippen LogP contribution < -0.4 is 0 Å². The third kappa shape index (κ3) is 1.91. The van der Waals surface area contributed by atoms with Crippen molar-refractivity contribution in [2.24, 2.45) is 0 Å². The van der Waals surface area contributed by atoms with Crippen molar-refractivity contribution in [1.82, 2.24) is 0 Å². The van der Waals surface area contributed by atoms with E-state index >= 15 is 0 Å². The average Bonchev–Trinajstić information content (AvgIpc) is 2.77. The van der Waals surface area contributed by atoms with Gasteiger partial charge in [0.25, 0.3) is 0 Å². The molecule has 0 N–H and O–H groups in total. The standard InChI is InChI=1S/C15H11S/c1-2-7-14(8-3-1)16-15-10-9-12-5-4-6-13(12)11-15/h1-4,7-11H,5H2. The molecule has 1 heteroatoms. The molecule has 0 bridgehead atoms. The van der Waals surface area contributed by atoms with Gasteiger partial charge in [-0.15, -0.1) is 0 Å². The Morgan fingerprint density at radius 1 is 0.938 bits per heavy atom. The summed E-state index contributed by atoms with van der Waals surface area (Å²) in [7, 11) is 0. The maximum Gasteiger partial charge on any atom is 0.0128 e. The fourth-order valence-corrected chi connectivity index (χ4v) is 2.71. The summed E-state index contributed by atoms with van der Waals surface area (Å²) in [5, 5.41) is 0. The summed E-state index contributed by atoms with van der Waals surface area (Å²) >= 11 is 1.80. The van der Waals surface area contributed by atoms with E-state index in [4.69, 9.17) is 0 Å². The zero-order chi connectivity index (χ0) is 10.8. The first-order chi connectivity index (χ1) is 7.92. The Kier molecular flexibility index (Phi) is 2.55. The zero-order valence-electron chi connectivity index (χ0n) is 8.81. The van der Waals surface area contributed by atoms with Crippen molar-refractivity contribution in [3.63, 3.8) is 0 Å². The maximum absolute atomic E-state index is 3.29. The summed E-state index contributed by atoms with van der Waals surface area (Å²) in [6, 6.07) is 17.1. The van der Waals surface area contributed by atoms with E-state index in [1.165, 1.54) is 20.9 Å². The summed E-state index contributed by atoms with van der Waals surface area (Å²) in [5.41, 5.74) is 2.64. The molecule has 2 aromatic carbocycles. The third-order valence-corrected chi connectivity index (χ3v) is 3.64. The van der Waals surface area contributed by atoms with Crippen molar-refractivity contribution in [3.8, 4) is 0 Å². The summed E-state index contributed by atoms with van der Waals surface area (Å²) in [4.78, 5) is 2.57. The van der Waals surface area contributed by atoms with E-state index in [0.29, 0.717) is 0 Å². The molecule has 0 heterocycles. The molecule has 2 aromatic rings. The quantitative estimate of drug-likeness (QED) is 0.738. The molecule has 1 aliphatic rings. The molecule has 3 rings (SSSR count). The molecule has 0 amide bonds. The molecule has 1 radical (unpaired) electrons. The second-order valence-electron chi connectivity index (χ2n) is 3.79. The van der Waals surface area contributed by atoms with Gasteiger partial charge >= 0.3 is 0 Å². The number of hydrogen-bond acceptors (Lipinski definition) is 1. The van der Waals surface area contributed by atoms with Crippen LogP contribution in [0.3, 0.4) is 0 Å². The minimum atomic E-state index is 1.03. The number of rotatable bonds is 2. The fourth-order valence-electron chi connectivity index (χ4n) is 1.83. The van der Waals surface area contributed by atoms with Gasteiger partial charge in [0.05, 0.1) is 0 Å². The minimum absolute atomic E-state index is 1.03. The Bertz CT molecular complexity index is 526. The molecular weight excluding hydrogens is 212 g/mol. The summed E-state index contributed by atoms with van der Waals surface area (Å²) in [6.07, 6.45) is 6.42. The lowest BCUT2D eigenvalue weighted by Crippen LogP contribution is -1.82. The molecule has 0 fully saturated rings. The van der Waals surface area contributed by atoms with Gasteiger partial charge in [-0.1, -0.05) is 42.1 Å². The van der Waals surface area contributed by atoms with Gasteiger partial charge in [-0.05, 0) is 47.9 Å². The highest BCUT2D eigenvalue weighted by Gasteiger charge is 2.06. The molecule has 0 nitrogen and oxygen atoms in total. The molecule has 0 unspecified atom stereocenters. The van der Waals surface area contributed by atoms with Crippen molar-refractivity contribution >= 4 is 11.8 Å². The predicted octanol–water partition coefficient (Wildman–Crippen LogP) is 4.10. The van der Waals surface area contributed by atoms with Gasteiger partial charge in [-0.3, -0.25) is 0 Å². The Hall–Kier alpha value is -1.47. The fraction of sp³-hybridized carbons (Fsp3) is 0.0667. The van der Waals surface area contributed by atoms with Gasteiger partial charge in [-0.2, -0.15) is 0 Å². The SMILES string of the molecule is [C]1=CCc2ccc(Sc3ccccc3)cc21. The van der Waals surface area contributed by atoms with E-state index in [1.807, 2.05) is 6.07 Å². The Morgan fingerprint density at radius 3 is 2.69 bits per heavy atom. The molecule has 0 saturated carbocycles. The van der Waals surface area contributed by atoms with Crippen LogP contribution in [0.1, 0.15) is 11.1 Å². The van der Waals surface area contributed by atoms with Crippen LogP contribution in [-0.2, 0) is 6.42 Å². The van der Waals surface area contributed by atoms with Gasteiger partial charge in [0.15, 0.2) is 0 Å². The van der Waals surface area contributed by atoms with E-state index in [0.717, 1.165) is 6.42 Å². The molecule has 0 saturated heterocycles. The highest BCUT2D eigenvalue weighted by Crippen LogP contribution is 2.30. The topological polar surface area (TPSA) is 0 Å². The van der Waals surface area contributed by atoms with Crippen LogP contribution in [0, 0.1) is 6.08 Å². The average molecular weight is 223 g/mol. The van der Waals surface area contributed by atoms with E-state index in [1.54, 1.807) is 11.8 Å². The van der Waals surface area contributed by atoms with E-state index in [2.05, 4.69) is 54.6 Å². The van der Waals surface area contributed by atoms with Crippen molar-refractivity contribution < 1.29 is 0 Å². The van der Waals surface area contributed by atoms with Crippen LogP contribution >= 0.6 is 11.8 Å². The molecule has 1 aliphatic carbocycles. The van der Waals surface area contributed by atoms with Crippen LogP contribution in [0.2, 0.25) is 0 Å². The third-order valence-electron chi connectivity index (χ3n) is 2.64. The van der Waals surface area contributed by atoms with E-state index in [9.17, 15) is 0 Å². The zero-order valence-corrected chi connectivity index (χ0v) is 9.63. The van der Waals surface area contributed by atoms with Gasteiger partial charge in [-0.25, -0.2) is 0 Å². The largest absolute Gasteiger partial charge is 0.0901 e. The lowest BCUT2D eigenvalue weighted by atomic mass is 10.1. The molecule has 0 atom stereocenters. The molecule has 0 aromatic heterocycles. The summed E-state index contributed by atoms with van der Waals surface area (Å²) in [5.74, 6) is 0. The van der Waals surface area contributed by atoms with Crippen molar-refractivity contribution in [2.75, 3.05) is 0 Å². The molecule has 0 aliphatic heterocycles. The van der Waals surface area contributed by atoms with Crippen molar-refractivity contribution in [1.29, 1.82) is 0 Å². The van der Waals surface area contributed by atoms with Gasteiger partial charge in [0, 0.05) is 9.79 Å². The molecule has 16 heavy (non-hydrogen) atoms. The highest BCUT2D eigenvalue weighted by atomic mass is 32.2. The van der Waals surface area contributed by atoms with Gasteiger partial charge in [0.1, 0.15) is 0 Å². The molecule has 77 valence electrons. The lowest BCUT2D eigenvalue weighted by Gasteiger charge is -2.04. The lowest BCUT2D eigenvalue weighted by molar-refractivity contribution is 1.27. The Morgan fingerprint density at radius 2 is 1.81 bits per heavy atom. The number of fused-ring (bicyclic) bond motifs is 1. The maximum atomic E-state index is 3.29. The normalized spacial score (nSPS) is 12.8. The Labute approximate surface area is 100 Å². The second-order valence-corrected chi connectivity index (χ2v) is 4.93. The van der Waals surface area contributed by atoms with Gasteiger partial charge in [0.2, 0.25) is 0 Å². The summed E-state index contributed by atoms with van der Waals surface area (Å²) in [6.45, 7) is 0. The molecular formula is C15H11S. The van der Waals surface area contributed by atoms with Gasteiger partial charge < -0.3 is 0 Å². The van der Waals surface area contributed by atoms with E-state index in [-0.39, 0.29) is 0 Å². The van der Waals surface area contributed by atoms with Crippen LogP contribution in [0.4, 0.5) is 0 Å². The first kappa shape index (κ1) is 9.73. The second kappa shape index (κ2) is 4.18. The predicted molar refractivity (Wildman–Crippen MR) is 67.6 cm³/mol. The molecule has 0 spiro atoms. The van der Waals surface area contributed by atoms with Crippen LogP contribution in [0.25, 0.3) is 0 Å². The first-order valence-electron chi connectivity index (χ1n) is 5.36.